The van der Waals surface area contributed by atoms with Gasteiger partial charge in [-0.2, -0.15) is 0 Å². The number of ether oxygens (including phenoxy) is 1. The van der Waals surface area contributed by atoms with Gasteiger partial charge in [-0.1, -0.05) is 31.0 Å². The van der Waals surface area contributed by atoms with E-state index in [1.54, 1.807) is 7.11 Å². The van der Waals surface area contributed by atoms with Crippen molar-refractivity contribution in [3.05, 3.63) is 52.2 Å². The zero-order chi connectivity index (χ0) is 18.4. The summed E-state index contributed by atoms with van der Waals surface area (Å²) < 4.78 is 5.24. The summed E-state index contributed by atoms with van der Waals surface area (Å²) in [5, 5.41) is 1.89. The second-order valence-electron chi connectivity index (χ2n) is 6.63. The van der Waals surface area contributed by atoms with Gasteiger partial charge >= 0.3 is 0 Å². The third kappa shape index (κ3) is 4.52. The molecule has 0 N–H and O–H groups in total. The number of benzene rings is 1. The first kappa shape index (κ1) is 18.6. The van der Waals surface area contributed by atoms with E-state index in [4.69, 9.17) is 4.74 Å². The molecule has 2 heterocycles. The lowest BCUT2D eigenvalue weighted by Gasteiger charge is -2.30. The molecule has 0 bridgehead atoms. The number of hydrogen-bond donors (Lipinski definition) is 0. The summed E-state index contributed by atoms with van der Waals surface area (Å²) >= 11 is 1.44. The van der Waals surface area contributed by atoms with Crippen LogP contribution in [-0.4, -0.2) is 30.2 Å². The molecule has 3 rings (SSSR count). The summed E-state index contributed by atoms with van der Waals surface area (Å²) in [6, 6.07) is 11.8. The minimum absolute atomic E-state index is 0.0594. The number of ketones is 1. The second kappa shape index (κ2) is 8.99. The van der Waals surface area contributed by atoms with Gasteiger partial charge in [0.1, 0.15) is 5.75 Å². The van der Waals surface area contributed by atoms with Gasteiger partial charge in [0.15, 0.2) is 5.78 Å². The van der Waals surface area contributed by atoms with Gasteiger partial charge in [0.25, 0.3) is 0 Å². The molecular formula is C21H25NO3S. The molecule has 0 radical (unpaired) electrons. The Balaban J connectivity index is 1.69. The molecule has 5 heteroatoms. The molecule has 1 aliphatic heterocycles. The average molecular weight is 372 g/mol. The molecular weight excluding hydrogens is 346 g/mol. The lowest BCUT2D eigenvalue weighted by Crippen LogP contribution is -2.35. The zero-order valence-electron chi connectivity index (χ0n) is 15.1. The molecule has 0 aliphatic carbocycles. The van der Waals surface area contributed by atoms with E-state index in [1.165, 1.54) is 11.3 Å². The molecule has 138 valence electrons. The van der Waals surface area contributed by atoms with Crippen molar-refractivity contribution >= 4 is 23.0 Å². The van der Waals surface area contributed by atoms with Crippen LogP contribution in [0.5, 0.6) is 5.75 Å². The van der Waals surface area contributed by atoms with Crippen molar-refractivity contribution in [1.29, 1.82) is 0 Å². The molecule has 1 aromatic carbocycles. The van der Waals surface area contributed by atoms with Gasteiger partial charge in [-0.05, 0) is 42.0 Å². The third-order valence-corrected chi connectivity index (χ3v) is 5.85. The van der Waals surface area contributed by atoms with Crippen molar-refractivity contribution in [2.45, 2.75) is 44.6 Å². The van der Waals surface area contributed by atoms with Crippen LogP contribution in [0.25, 0.3) is 0 Å². The summed E-state index contributed by atoms with van der Waals surface area (Å²) in [7, 11) is 1.65. The van der Waals surface area contributed by atoms with Gasteiger partial charge < -0.3 is 9.64 Å². The molecule has 26 heavy (non-hydrogen) atoms. The molecule has 0 saturated carbocycles. The number of rotatable bonds is 6. The first-order valence-electron chi connectivity index (χ1n) is 9.19. The lowest BCUT2D eigenvalue weighted by molar-refractivity contribution is -0.133. The Morgan fingerprint density at radius 1 is 1.12 bits per heavy atom. The minimum Gasteiger partial charge on any atom is -0.497 e. The van der Waals surface area contributed by atoms with E-state index in [1.807, 2.05) is 46.7 Å². The predicted octanol–water partition coefficient (Wildman–Crippen LogP) is 4.86. The quantitative estimate of drug-likeness (QED) is 0.681. The molecule has 1 saturated heterocycles. The maximum absolute atomic E-state index is 12.9. The Morgan fingerprint density at radius 3 is 2.62 bits per heavy atom. The van der Waals surface area contributed by atoms with Crippen molar-refractivity contribution in [2.75, 3.05) is 13.7 Å². The third-order valence-electron chi connectivity index (χ3n) is 4.94. The highest BCUT2D eigenvalue weighted by atomic mass is 32.1. The molecule has 4 nitrogen and oxygen atoms in total. The van der Waals surface area contributed by atoms with E-state index in [0.29, 0.717) is 0 Å². The van der Waals surface area contributed by atoms with Crippen LogP contribution in [0.1, 0.15) is 59.8 Å². The van der Waals surface area contributed by atoms with Crippen LogP contribution >= 0.6 is 11.3 Å². The fourth-order valence-electron chi connectivity index (χ4n) is 3.50. The highest BCUT2D eigenvalue weighted by Crippen LogP contribution is 2.32. The van der Waals surface area contributed by atoms with Crippen LogP contribution in [0, 0.1) is 0 Å². The van der Waals surface area contributed by atoms with Crippen molar-refractivity contribution in [3.8, 4) is 5.75 Å². The van der Waals surface area contributed by atoms with Crippen LogP contribution < -0.4 is 4.74 Å². The number of methoxy groups -OCH3 is 1. The Kier molecular flexibility index (Phi) is 6.45. The highest BCUT2D eigenvalue weighted by molar-refractivity contribution is 7.12. The van der Waals surface area contributed by atoms with Crippen molar-refractivity contribution < 1.29 is 14.3 Å². The molecule has 1 aromatic heterocycles. The van der Waals surface area contributed by atoms with E-state index in [-0.39, 0.29) is 30.6 Å². The Labute approximate surface area is 158 Å². The number of amides is 1. The van der Waals surface area contributed by atoms with E-state index in [9.17, 15) is 9.59 Å². The number of carbonyl (C=O) groups excluding carboxylic acids is 2. The van der Waals surface area contributed by atoms with Crippen LogP contribution in [-0.2, 0) is 4.79 Å². The SMILES string of the molecule is COc1ccc(C2CCCCCN2C(=O)CCC(=O)c2cccs2)cc1. The van der Waals surface area contributed by atoms with Crippen LogP contribution in [0.3, 0.4) is 0 Å². The standard InChI is InChI=1S/C21H25NO3S/c1-25-17-10-8-16(9-11-17)18-6-3-2-4-14-22(18)21(24)13-12-19(23)20-7-5-15-26-20/h5,7-11,15,18H,2-4,6,12-14H2,1H3. The van der Waals surface area contributed by atoms with E-state index in [2.05, 4.69) is 0 Å². The number of nitrogens with zero attached hydrogens (tertiary/aromatic N) is 1. The summed E-state index contributed by atoms with van der Waals surface area (Å²) in [4.78, 5) is 27.8. The van der Waals surface area contributed by atoms with Gasteiger partial charge in [-0.25, -0.2) is 0 Å². The topological polar surface area (TPSA) is 46.6 Å². The first-order chi connectivity index (χ1) is 12.7. The van der Waals surface area contributed by atoms with Crippen LogP contribution in [0.2, 0.25) is 0 Å². The summed E-state index contributed by atoms with van der Waals surface area (Å²) in [5.74, 6) is 0.962. The molecule has 2 aromatic rings. The van der Waals surface area contributed by atoms with Crippen LogP contribution in [0.4, 0.5) is 0 Å². The second-order valence-corrected chi connectivity index (χ2v) is 7.57. The highest BCUT2D eigenvalue weighted by Gasteiger charge is 2.27. The Hall–Kier alpha value is -2.14. The maximum atomic E-state index is 12.9. The Bertz CT molecular complexity index is 724. The minimum atomic E-state index is 0.0594. The van der Waals surface area contributed by atoms with E-state index >= 15 is 0 Å². The number of Topliss-reactive ketones (excluding diaryl/α,β-unsaturated/α-hetero) is 1. The van der Waals surface area contributed by atoms with Gasteiger partial charge in [0, 0.05) is 19.4 Å². The number of likely N-dealkylation sites (tertiary alicyclic amines) is 1. The zero-order valence-corrected chi connectivity index (χ0v) is 16.0. The smallest absolute Gasteiger partial charge is 0.223 e. The van der Waals surface area contributed by atoms with Gasteiger partial charge in [-0.3, -0.25) is 9.59 Å². The van der Waals surface area contributed by atoms with E-state index in [0.717, 1.165) is 48.4 Å². The molecule has 1 fully saturated rings. The largest absolute Gasteiger partial charge is 0.497 e. The maximum Gasteiger partial charge on any atom is 0.223 e. The average Bonchev–Trinajstić information content (AvgIpc) is 3.11. The van der Waals surface area contributed by atoms with E-state index < -0.39 is 0 Å². The number of thiophene rings is 1. The van der Waals surface area contributed by atoms with Crippen molar-refractivity contribution in [3.63, 3.8) is 0 Å². The summed E-state index contributed by atoms with van der Waals surface area (Å²) in [6.07, 6.45) is 4.82. The molecule has 1 amide bonds. The number of hydrogen-bond acceptors (Lipinski definition) is 4. The Morgan fingerprint density at radius 2 is 1.92 bits per heavy atom. The fourth-order valence-corrected chi connectivity index (χ4v) is 4.20. The molecule has 1 aliphatic rings. The van der Waals surface area contributed by atoms with Crippen molar-refractivity contribution in [2.24, 2.45) is 0 Å². The number of carbonyl (C=O) groups is 2. The van der Waals surface area contributed by atoms with Crippen molar-refractivity contribution in [1.82, 2.24) is 4.90 Å². The predicted molar refractivity (Wildman–Crippen MR) is 104 cm³/mol. The first-order valence-corrected chi connectivity index (χ1v) is 10.1. The molecule has 0 spiro atoms. The monoisotopic (exact) mass is 371 g/mol. The normalized spacial score (nSPS) is 17.6. The van der Waals surface area contributed by atoms with Gasteiger partial charge in [0.05, 0.1) is 18.0 Å². The summed E-state index contributed by atoms with van der Waals surface area (Å²) in [5.41, 5.74) is 1.14. The van der Waals surface area contributed by atoms with Gasteiger partial charge in [0.2, 0.25) is 5.91 Å². The fraction of sp³-hybridized carbons (Fsp3) is 0.429. The molecule has 1 atom stereocenters. The van der Waals surface area contributed by atoms with Crippen LogP contribution in [0.15, 0.2) is 41.8 Å². The van der Waals surface area contributed by atoms with Gasteiger partial charge in [-0.15, -0.1) is 11.3 Å². The lowest BCUT2D eigenvalue weighted by atomic mass is 10.00. The molecule has 1 unspecified atom stereocenters. The summed E-state index contributed by atoms with van der Waals surface area (Å²) in [6.45, 7) is 0.767.